The van der Waals surface area contributed by atoms with Gasteiger partial charge in [-0.25, -0.2) is 0 Å². The third kappa shape index (κ3) is 7.36. The van der Waals surface area contributed by atoms with Crippen molar-refractivity contribution in [1.82, 2.24) is 0 Å². The van der Waals surface area contributed by atoms with Crippen molar-refractivity contribution in [1.29, 1.82) is 0 Å². The molecule has 1 aliphatic carbocycles. The van der Waals surface area contributed by atoms with E-state index in [1.165, 1.54) is 38.5 Å². The van der Waals surface area contributed by atoms with Gasteiger partial charge in [-0.3, -0.25) is 0 Å². The summed E-state index contributed by atoms with van der Waals surface area (Å²) in [7, 11) is 0. The minimum atomic E-state index is 1.50. The zero-order chi connectivity index (χ0) is 6.95. The van der Waals surface area contributed by atoms with Crippen LogP contribution in [0.4, 0.5) is 0 Å². The van der Waals surface area contributed by atoms with Crippen LogP contribution >= 0.6 is 0 Å². The lowest BCUT2D eigenvalue weighted by atomic mass is 10.0. The standard InChI is InChI=1S/C6H12.C2H3N/c1-2-4-6-5-3-1;1-2-3/h1-6H2;1H,3H2. The zero-order valence-electron chi connectivity index (χ0n) is 5.90. The van der Waals surface area contributed by atoms with Gasteiger partial charge in [0.2, 0.25) is 0 Å². The van der Waals surface area contributed by atoms with Crippen LogP contribution in [0.15, 0.2) is 0 Å². The van der Waals surface area contributed by atoms with Gasteiger partial charge in [0.15, 0.2) is 0 Å². The SMILES string of the molecule is C#CN.C1CCCCC1. The lowest BCUT2D eigenvalue weighted by molar-refractivity contribution is 0.504. The molecule has 0 bridgehead atoms. The van der Waals surface area contributed by atoms with Crippen molar-refractivity contribution >= 4 is 0 Å². The zero-order valence-corrected chi connectivity index (χ0v) is 5.90. The number of hydrogen-bond acceptors (Lipinski definition) is 1. The highest BCUT2D eigenvalue weighted by Crippen LogP contribution is 2.15. The second-order valence-electron chi connectivity index (χ2n) is 2.29. The summed E-state index contributed by atoms with van der Waals surface area (Å²) in [5, 5.41) is 0. The Labute approximate surface area is 57.6 Å². The molecule has 2 N–H and O–H groups in total. The first-order chi connectivity index (χ1) is 4.41. The molecule has 1 nitrogen and oxygen atoms in total. The van der Waals surface area contributed by atoms with Gasteiger partial charge >= 0.3 is 0 Å². The van der Waals surface area contributed by atoms with Gasteiger partial charge in [0, 0.05) is 0 Å². The fourth-order valence-electron chi connectivity index (χ4n) is 1.06. The Morgan fingerprint density at radius 3 is 1.11 bits per heavy atom. The highest BCUT2D eigenvalue weighted by atomic mass is 14.4. The minimum Gasteiger partial charge on any atom is -0.360 e. The molecule has 0 radical (unpaired) electrons. The maximum absolute atomic E-state index is 4.38. The number of rotatable bonds is 0. The van der Waals surface area contributed by atoms with Crippen LogP contribution in [-0.2, 0) is 0 Å². The van der Waals surface area contributed by atoms with Crippen molar-refractivity contribution in [2.45, 2.75) is 38.5 Å². The number of terminal acetylenes is 1. The van der Waals surface area contributed by atoms with Crippen LogP contribution in [0.25, 0.3) is 0 Å². The molecular weight excluding hydrogens is 110 g/mol. The van der Waals surface area contributed by atoms with Gasteiger partial charge < -0.3 is 5.73 Å². The molecule has 1 heteroatoms. The first kappa shape index (κ1) is 8.36. The summed E-state index contributed by atoms with van der Waals surface area (Å²) in [5.41, 5.74) is 4.38. The molecule has 52 valence electrons. The Morgan fingerprint density at radius 1 is 0.889 bits per heavy atom. The fourth-order valence-corrected chi connectivity index (χ4v) is 1.06. The molecular formula is C8H15N. The smallest absolute Gasteiger partial charge is 0.00200 e. The van der Waals surface area contributed by atoms with E-state index in [-0.39, 0.29) is 0 Å². The first-order valence-electron chi connectivity index (χ1n) is 3.58. The molecule has 1 fully saturated rings. The van der Waals surface area contributed by atoms with E-state index in [4.69, 9.17) is 0 Å². The Bertz CT molecular complexity index is 65.5. The molecule has 1 aliphatic rings. The van der Waals surface area contributed by atoms with Crippen molar-refractivity contribution in [3.8, 4) is 12.5 Å². The number of nitrogens with two attached hydrogens (primary N) is 1. The molecule has 0 aromatic heterocycles. The Morgan fingerprint density at radius 2 is 1.00 bits per heavy atom. The molecule has 0 unspecified atom stereocenters. The van der Waals surface area contributed by atoms with Gasteiger partial charge in [-0.2, -0.15) is 0 Å². The van der Waals surface area contributed by atoms with Crippen LogP contribution in [0.2, 0.25) is 0 Å². The summed E-state index contributed by atoms with van der Waals surface area (Å²) < 4.78 is 0. The summed E-state index contributed by atoms with van der Waals surface area (Å²) in [4.78, 5) is 0. The van der Waals surface area contributed by atoms with Crippen molar-refractivity contribution < 1.29 is 0 Å². The van der Waals surface area contributed by atoms with Gasteiger partial charge in [-0.05, 0) is 6.04 Å². The van der Waals surface area contributed by atoms with Gasteiger partial charge in [-0.15, -0.1) is 0 Å². The van der Waals surface area contributed by atoms with Crippen molar-refractivity contribution in [2.24, 2.45) is 5.73 Å². The second kappa shape index (κ2) is 7.36. The largest absolute Gasteiger partial charge is 0.360 e. The van der Waals surface area contributed by atoms with Crippen molar-refractivity contribution in [2.75, 3.05) is 0 Å². The quantitative estimate of drug-likeness (QED) is 0.388. The molecule has 0 atom stereocenters. The number of hydrogen-bond donors (Lipinski definition) is 1. The van der Waals surface area contributed by atoms with E-state index < -0.39 is 0 Å². The third-order valence-electron chi connectivity index (χ3n) is 1.50. The van der Waals surface area contributed by atoms with Crippen LogP contribution in [-0.4, -0.2) is 0 Å². The summed E-state index contributed by atoms with van der Waals surface area (Å²) >= 11 is 0. The summed E-state index contributed by atoms with van der Waals surface area (Å²) in [6.45, 7) is 0. The van der Waals surface area contributed by atoms with Crippen LogP contribution in [0.1, 0.15) is 38.5 Å². The summed E-state index contributed by atoms with van der Waals surface area (Å²) in [6, 6.07) is 1.75. The molecule has 0 aliphatic heterocycles. The molecule has 0 amide bonds. The molecule has 9 heavy (non-hydrogen) atoms. The van der Waals surface area contributed by atoms with Crippen LogP contribution in [0.5, 0.6) is 0 Å². The van der Waals surface area contributed by atoms with Gasteiger partial charge in [-0.1, -0.05) is 44.9 Å². The maximum Gasteiger partial charge on any atom is -0.00200 e. The molecule has 0 saturated heterocycles. The molecule has 1 saturated carbocycles. The molecule has 0 spiro atoms. The molecule has 0 aromatic carbocycles. The molecule has 0 heterocycles. The van der Waals surface area contributed by atoms with E-state index in [2.05, 4.69) is 12.2 Å². The molecule has 0 aromatic rings. The predicted molar refractivity (Wildman–Crippen MR) is 40.7 cm³/mol. The fraction of sp³-hybridized carbons (Fsp3) is 0.750. The van der Waals surface area contributed by atoms with Crippen molar-refractivity contribution in [3.05, 3.63) is 0 Å². The minimum absolute atomic E-state index is 1.50. The van der Waals surface area contributed by atoms with E-state index in [0.717, 1.165) is 0 Å². The van der Waals surface area contributed by atoms with E-state index in [1.54, 1.807) is 6.04 Å². The monoisotopic (exact) mass is 125 g/mol. The summed E-state index contributed by atoms with van der Waals surface area (Å²) in [5.74, 6) is 0. The van der Waals surface area contributed by atoms with Crippen LogP contribution in [0, 0.1) is 12.5 Å². The third-order valence-corrected chi connectivity index (χ3v) is 1.50. The highest BCUT2D eigenvalue weighted by molar-refractivity contribution is 4.71. The lowest BCUT2D eigenvalue weighted by Crippen LogP contribution is -1.85. The lowest BCUT2D eigenvalue weighted by Gasteiger charge is -2.05. The van der Waals surface area contributed by atoms with Crippen molar-refractivity contribution in [3.63, 3.8) is 0 Å². The van der Waals surface area contributed by atoms with Gasteiger partial charge in [0.05, 0.1) is 0 Å². The Balaban J connectivity index is 0.000000187. The maximum atomic E-state index is 4.38. The van der Waals surface area contributed by atoms with E-state index in [0.29, 0.717) is 0 Å². The second-order valence-corrected chi connectivity index (χ2v) is 2.29. The average molecular weight is 125 g/mol. The summed E-state index contributed by atoms with van der Waals surface area (Å²) in [6.07, 6.45) is 13.4. The Kier molecular flexibility index (Phi) is 6.84. The molecule has 1 rings (SSSR count). The van der Waals surface area contributed by atoms with E-state index in [9.17, 15) is 0 Å². The first-order valence-corrected chi connectivity index (χ1v) is 3.58. The normalized spacial score (nSPS) is 16.8. The average Bonchev–Trinajstić information content (AvgIpc) is 1.93. The highest BCUT2D eigenvalue weighted by Gasteiger charge is 1.95. The van der Waals surface area contributed by atoms with E-state index in [1.807, 2.05) is 0 Å². The predicted octanol–water partition coefficient (Wildman–Crippen LogP) is 1.88. The van der Waals surface area contributed by atoms with Crippen LogP contribution < -0.4 is 5.73 Å². The van der Waals surface area contributed by atoms with E-state index >= 15 is 0 Å². The van der Waals surface area contributed by atoms with Crippen LogP contribution in [0.3, 0.4) is 0 Å². The topological polar surface area (TPSA) is 26.0 Å². The van der Waals surface area contributed by atoms with Gasteiger partial charge in [0.1, 0.15) is 0 Å². The van der Waals surface area contributed by atoms with Gasteiger partial charge in [0.25, 0.3) is 0 Å². The Hall–Kier alpha value is -0.640.